The van der Waals surface area contributed by atoms with Crippen LogP contribution in [0.5, 0.6) is 5.75 Å². The van der Waals surface area contributed by atoms with E-state index in [4.69, 9.17) is 9.47 Å². The van der Waals surface area contributed by atoms with Gasteiger partial charge >= 0.3 is 11.7 Å². The molecule has 1 amide bonds. The number of methoxy groups -OCH3 is 1. The van der Waals surface area contributed by atoms with Gasteiger partial charge in [0.25, 0.3) is 5.56 Å². The van der Waals surface area contributed by atoms with Crippen molar-refractivity contribution in [3.63, 3.8) is 0 Å². The number of nitrogens with zero attached hydrogens (tertiary/aromatic N) is 4. The van der Waals surface area contributed by atoms with Gasteiger partial charge in [-0.2, -0.15) is 0 Å². The quantitative estimate of drug-likeness (QED) is 0.281. The van der Waals surface area contributed by atoms with E-state index in [1.165, 1.54) is 18.7 Å². The Morgan fingerprint density at radius 1 is 1.09 bits per heavy atom. The predicted octanol–water partition coefficient (Wildman–Crippen LogP) is 0.474. The van der Waals surface area contributed by atoms with Crippen LogP contribution in [0, 0.1) is 0 Å². The molecule has 2 heterocycles. The van der Waals surface area contributed by atoms with Gasteiger partial charge in [-0.3, -0.25) is 23.5 Å². The Kier molecular flexibility index (Phi) is 7.48. The highest BCUT2D eigenvalue weighted by Crippen LogP contribution is 2.27. The summed E-state index contributed by atoms with van der Waals surface area (Å²) < 4.78 is 12.2. The number of hydrogen-bond acceptors (Lipinski definition) is 9. The van der Waals surface area contributed by atoms with Gasteiger partial charge in [0.2, 0.25) is 5.91 Å². The number of thioether (sulfide) groups is 1. The molecular formula is C21H23N5O6S. The van der Waals surface area contributed by atoms with Gasteiger partial charge in [0.1, 0.15) is 22.7 Å². The zero-order valence-electron chi connectivity index (χ0n) is 18.6. The molecule has 11 nitrogen and oxygen atoms in total. The molecule has 0 bridgehead atoms. The Morgan fingerprint density at radius 3 is 2.42 bits per heavy atom. The number of nitrogens with one attached hydrogen (secondary N) is 1. The second kappa shape index (κ2) is 10.3. The summed E-state index contributed by atoms with van der Waals surface area (Å²) in [4.78, 5) is 57.9. The fraction of sp³-hybridized carbons (Fsp3) is 0.333. The van der Waals surface area contributed by atoms with Crippen molar-refractivity contribution in [3.8, 4) is 17.1 Å². The Balaban J connectivity index is 2.02. The lowest BCUT2D eigenvalue weighted by Crippen LogP contribution is -2.37. The third kappa shape index (κ3) is 5.22. The van der Waals surface area contributed by atoms with Crippen molar-refractivity contribution in [1.82, 2.24) is 24.4 Å². The van der Waals surface area contributed by atoms with Crippen molar-refractivity contribution >= 4 is 34.7 Å². The number of hydrogen-bond donors (Lipinski definition) is 1. The predicted molar refractivity (Wildman–Crippen MR) is 122 cm³/mol. The van der Waals surface area contributed by atoms with E-state index < -0.39 is 23.1 Å². The summed E-state index contributed by atoms with van der Waals surface area (Å²) >= 11 is 1.01. The first kappa shape index (κ1) is 24.0. The maximum Gasteiger partial charge on any atom is 0.332 e. The molecule has 174 valence electrons. The number of amides is 1. The zero-order valence-corrected chi connectivity index (χ0v) is 19.4. The SMILES string of the molecule is CCOC(=O)CNC(=O)CSc1nc(-c2ccc(OC)cc2)nc2c1c(=O)n(C)c(=O)n2C. The van der Waals surface area contributed by atoms with Crippen molar-refractivity contribution in [3.05, 3.63) is 45.1 Å². The molecule has 0 aliphatic rings. The Bertz CT molecular complexity index is 1320. The van der Waals surface area contributed by atoms with E-state index in [1.54, 1.807) is 38.3 Å². The van der Waals surface area contributed by atoms with Gasteiger partial charge in [0.15, 0.2) is 11.5 Å². The van der Waals surface area contributed by atoms with Gasteiger partial charge < -0.3 is 14.8 Å². The first-order valence-corrected chi connectivity index (χ1v) is 10.9. The van der Waals surface area contributed by atoms with E-state index in [0.717, 1.165) is 16.3 Å². The van der Waals surface area contributed by atoms with Crippen molar-refractivity contribution in [2.24, 2.45) is 14.1 Å². The molecule has 1 aromatic carbocycles. The first-order valence-electron chi connectivity index (χ1n) is 9.94. The summed E-state index contributed by atoms with van der Waals surface area (Å²) in [6, 6.07) is 6.97. The van der Waals surface area contributed by atoms with Gasteiger partial charge in [0.05, 0.1) is 19.5 Å². The lowest BCUT2D eigenvalue weighted by atomic mass is 10.2. The fourth-order valence-corrected chi connectivity index (χ4v) is 3.81. The first-order chi connectivity index (χ1) is 15.8. The monoisotopic (exact) mass is 473 g/mol. The topological polar surface area (TPSA) is 134 Å². The second-order valence-electron chi connectivity index (χ2n) is 6.86. The Hall–Kier alpha value is -3.67. The van der Waals surface area contributed by atoms with Crippen LogP contribution in [0.15, 0.2) is 38.9 Å². The molecule has 0 atom stereocenters. The highest BCUT2D eigenvalue weighted by Gasteiger charge is 2.19. The third-order valence-corrected chi connectivity index (χ3v) is 5.67. The molecule has 0 unspecified atom stereocenters. The van der Waals surface area contributed by atoms with Crippen molar-refractivity contribution < 1.29 is 19.1 Å². The maximum atomic E-state index is 12.9. The van der Waals surface area contributed by atoms with Crippen LogP contribution in [0.1, 0.15) is 6.92 Å². The summed E-state index contributed by atoms with van der Waals surface area (Å²) in [6.07, 6.45) is 0. The maximum absolute atomic E-state index is 12.9. The van der Waals surface area contributed by atoms with Crippen molar-refractivity contribution in [1.29, 1.82) is 0 Å². The summed E-state index contributed by atoms with van der Waals surface area (Å²) in [5, 5.41) is 2.83. The van der Waals surface area contributed by atoms with Gasteiger partial charge in [-0.25, -0.2) is 14.8 Å². The van der Waals surface area contributed by atoms with Gasteiger partial charge in [0, 0.05) is 19.7 Å². The van der Waals surface area contributed by atoms with Crippen LogP contribution < -0.4 is 21.3 Å². The lowest BCUT2D eigenvalue weighted by molar-refractivity contribution is -0.143. The molecule has 0 spiro atoms. The lowest BCUT2D eigenvalue weighted by Gasteiger charge is -2.12. The van der Waals surface area contributed by atoms with Crippen LogP contribution in [-0.4, -0.2) is 57.0 Å². The van der Waals surface area contributed by atoms with E-state index in [2.05, 4.69) is 15.3 Å². The number of esters is 1. The van der Waals surface area contributed by atoms with Crippen molar-refractivity contribution in [2.45, 2.75) is 11.9 Å². The van der Waals surface area contributed by atoms with E-state index in [9.17, 15) is 19.2 Å². The number of rotatable bonds is 8. The molecule has 33 heavy (non-hydrogen) atoms. The average molecular weight is 474 g/mol. The molecule has 0 saturated heterocycles. The number of carbonyl (C=O) groups excluding carboxylic acids is 2. The molecule has 0 fully saturated rings. The van der Waals surface area contributed by atoms with Crippen LogP contribution in [0.3, 0.4) is 0 Å². The molecule has 0 aliphatic carbocycles. The molecule has 2 aromatic heterocycles. The van der Waals surface area contributed by atoms with E-state index >= 15 is 0 Å². The highest BCUT2D eigenvalue weighted by atomic mass is 32.2. The summed E-state index contributed by atoms with van der Waals surface area (Å²) in [5.41, 5.74) is -0.309. The zero-order chi connectivity index (χ0) is 24.1. The minimum atomic E-state index is -0.566. The van der Waals surface area contributed by atoms with E-state index in [-0.39, 0.29) is 40.8 Å². The smallest absolute Gasteiger partial charge is 0.332 e. The largest absolute Gasteiger partial charge is 0.497 e. The molecule has 3 rings (SSSR count). The van der Waals surface area contributed by atoms with E-state index in [1.807, 2.05) is 0 Å². The standard InChI is InChI=1S/C21H23N5O6S/c1-5-32-15(28)10-22-14(27)11-33-19-16-18(25(2)21(30)26(3)20(16)29)23-17(24-19)12-6-8-13(31-4)9-7-12/h6-9H,5,10-11H2,1-4H3,(H,22,27). The number of benzene rings is 1. The number of ether oxygens (including phenoxy) is 2. The van der Waals surface area contributed by atoms with Crippen LogP contribution in [0.2, 0.25) is 0 Å². The van der Waals surface area contributed by atoms with Crippen molar-refractivity contribution in [2.75, 3.05) is 26.0 Å². The molecule has 3 aromatic rings. The normalized spacial score (nSPS) is 10.8. The summed E-state index contributed by atoms with van der Waals surface area (Å²) in [5.74, 6) is -0.169. The molecule has 1 N–H and O–H groups in total. The third-order valence-electron chi connectivity index (χ3n) is 4.69. The summed E-state index contributed by atoms with van der Waals surface area (Å²) in [6.45, 7) is 1.63. The van der Waals surface area contributed by atoms with Gasteiger partial charge in [-0.15, -0.1) is 0 Å². The van der Waals surface area contributed by atoms with E-state index in [0.29, 0.717) is 11.3 Å². The number of carbonyl (C=O) groups is 2. The molecule has 0 radical (unpaired) electrons. The minimum absolute atomic E-state index is 0.112. The van der Waals surface area contributed by atoms with Crippen LogP contribution >= 0.6 is 11.8 Å². The summed E-state index contributed by atoms with van der Waals surface area (Å²) in [7, 11) is 4.42. The second-order valence-corrected chi connectivity index (χ2v) is 7.82. The molecule has 0 aliphatic heterocycles. The van der Waals surface area contributed by atoms with Crippen LogP contribution in [0.25, 0.3) is 22.4 Å². The molecular weight excluding hydrogens is 450 g/mol. The van der Waals surface area contributed by atoms with Crippen LogP contribution in [0.4, 0.5) is 0 Å². The number of aromatic nitrogens is 4. The number of aryl methyl sites for hydroxylation is 1. The molecule has 12 heteroatoms. The minimum Gasteiger partial charge on any atom is -0.497 e. The Morgan fingerprint density at radius 2 is 1.79 bits per heavy atom. The Labute approximate surface area is 192 Å². The highest BCUT2D eigenvalue weighted by molar-refractivity contribution is 8.00. The average Bonchev–Trinajstić information content (AvgIpc) is 2.83. The van der Waals surface area contributed by atoms with Gasteiger partial charge in [-0.05, 0) is 31.2 Å². The van der Waals surface area contributed by atoms with Crippen LogP contribution in [-0.2, 0) is 28.4 Å². The fourth-order valence-electron chi connectivity index (χ4n) is 2.97. The molecule has 0 saturated carbocycles. The van der Waals surface area contributed by atoms with Gasteiger partial charge in [-0.1, -0.05) is 11.8 Å². The number of fused-ring (bicyclic) bond motifs is 1.